The van der Waals surface area contributed by atoms with Gasteiger partial charge in [0.25, 0.3) is 5.91 Å². The van der Waals surface area contributed by atoms with Crippen LogP contribution in [-0.4, -0.2) is 43.0 Å². The van der Waals surface area contributed by atoms with E-state index in [4.69, 9.17) is 18.6 Å². The molecular formula is C21H29NO6. The van der Waals surface area contributed by atoms with Crippen LogP contribution >= 0.6 is 0 Å². The highest BCUT2D eigenvalue weighted by atomic mass is 16.5. The first kappa shape index (κ1) is 21.6. The number of furan rings is 1. The van der Waals surface area contributed by atoms with E-state index in [-0.39, 0.29) is 18.9 Å². The number of ether oxygens (including phenoxy) is 3. The lowest BCUT2D eigenvalue weighted by Gasteiger charge is -2.23. The fourth-order valence-electron chi connectivity index (χ4n) is 2.74. The van der Waals surface area contributed by atoms with E-state index in [1.165, 1.54) is 0 Å². The highest BCUT2D eigenvalue weighted by Gasteiger charge is 2.24. The third kappa shape index (κ3) is 5.92. The highest BCUT2D eigenvalue weighted by Crippen LogP contribution is 2.39. The average Bonchev–Trinajstić information content (AvgIpc) is 3.15. The number of carbonyl (C=O) groups excluding carboxylic acids is 1. The second-order valence-electron chi connectivity index (χ2n) is 6.54. The van der Waals surface area contributed by atoms with Gasteiger partial charge in [0.2, 0.25) is 5.75 Å². The van der Waals surface area contributed by atoms with E-state index in [9.17, 15) is 9.90 Å². The Morgan fingerprint density at radius 2 is 1.71 bits per heavy atom. The molecule has 0 fully saturated rings. The van der Waals surface area contributed by atoms with Crippen molar-refractivity contribution in [3.8, 4) is 17.2 Å². The van der Waals surface area contributed by atoms with Crippen LogP contribution in [-0.2, 0) is 6.42 Å². The van der Waals surface area contributed by atoms with Crippen molar-refractivity contribution in [2.24, 2.45) is 0 Å². The molecule has 2 rings (SSSR count). The third-order valence-electron chi connectivity index (χ3n) is 3.94. The van der Waals surface area contributed by atoms with Crippen LogP contribution in [0, 0.1) is 0 Å². The summed E-state index contributed by atoms with van der Waals surface area (Å²) in [6.07, 6.45) is 1.84. The molecule has 2 N–H and O–H groups in total. The Morgan fingerprint density at radius 3 is 2.21 bits per heavy atom. The second-order valence-corrected chi connectivity index (χ2v) is 6.54. The van der Waals surface area contributed by atoms with Crippen molar-refractivity contribution < 1.29 is 28.5 Å². The van der Waals surface area contributed by atoms with E-state index in [1.54, 1.807) is 37.5 Å². The Labute approximate surface area is 165 Å². The zero-order valence-corrected chi connectivity index (χ0v) is 16.9. The normalized spacial score (nSPS) is 12.9. The topological polar surface area (TPSA) is 90.2 Å². The fraction of sp³-hybridized carbons (Fsp3) is 0.476. The number of amides is 1. The number of hydrogen-bond acceptors (Lipinski definition) is 6. The first-order chi connectivity index (χ1) is 13.4. The van der Waals surface area contributed by atoms with E-state index in [0.29, 0.717) is 48.4 Å². The molecule has 0 saturated heterocycles. The van der Waals surface area contributed by atoms with Crippen LogP contribution in [0.4, 0.5) is 0 Å². The molecule has 0 radical (unpaired) electrons. The smallest absolute Gasteiger partial charge is 0.251 e. The molecule has 1 unspecified atom stereocenters. The van der Waals surface area contributed by atoms with E-state index in [2.05, 4.69) is 5.32 Å². The molecule has 1 atom stereocenters. The van der Waals surface area contributed by atoms with Crippen LogP contribution in [0.1, 0.15) is 43.8 Å². The molecule has 154 valence electrons. The molecule has 2 aromatic rings. The van der Waals surface area contributed by atoms with Gasteiger partial charge in [0.15, 0.2) is 11.5 Å². The lowest BCUT2D eigenvalue weighted by molar-refractivity contribution is 0.0510. The van der Waals surface area contributed by atoms with Crippen molar-refractivity contribution in [1.82, 2.24) is 5.32 Å². The van der Waals surface area contributed by atoms with Crippen molar-refractivity contribution in [3.05, 3.63) is 41.9 Å². The minimum Gasteiger partial charge on any atom is -0.490 e. The maximum Gasteiger partial charge on any atom is 0.251 e. The summed E-state index contributed by atoms with van der Waals surface area (Å²) in [5.74, 6) is 1.68. The zero-order chi connectivity index (χ0) is 20.6. The minimum atomic E-state index is -1.15. The van der Waals surface area contributed by atoms with Gasteiger partial charge in [-0.2, -0.15) is 0 Å². The Morgan fingerprint density at radius 1 is 1.11 bits per heavy atom. The van der Waals surface area contributed by atoms with Gasteiger partial charge in [0.05, 0.1) is 31.7 Å². The van der Waals surface area contributed by atoms with Crippen LogP contribution in [0.2, 0.25) is 0 Å². The molecule has 0 aliphatic heterocycles. The van der Waals surface area contributed by atoms with Crippen LogP contribution in [0.25, 0.3) is 0 Å². The van der Waals surface area contributed by atoms with Gasteiger partial charge in [-0.25, -0.2) is 0 Å². The molecule has 7 heteroatoms. The second kappa shape index (κ2) is 10.0. The van der Waals surface area contributed by atoms with Crippen molar-refractivity contribution in [3.63, 3.8) is 0 Å². The lowest BCUT2D eigenvalue weighted by atomic mass is 10.0. The Hall–Kier alpha value is -2.67. The van der Waals surface area contributed by atoms with E-state index in [1.807, 2.05) is 20.8 Å². The summed E-state index contributed by atoms with van der Waals surface area (Å²) < 4.78 is 22.2. The van der Waals surface area contributed by atoms with Crippen molar-refractivity contribution in [2.75, 3.05) is 26.4 Å². The van der Waals surface area contributed by atoms with Crippen molar-refractivity contribution in [1.29, 1.82) is 0 Å². The van der Waals surface area contributed by atoms with Crippen LogP contribution in [0.3, 0.4) is 0 Å². The number of carbonyl (C=O) groups is 1. The van der Waals surface area contributed by atoms with Gasteiger partial charge >= 0.3 is 0 Å². The molecule has 0 spiro atoms. The number of rotatable bonds is 11. The molecular weight excluding hydrogens is 362 g/mol. The highest BCUT2D eigenvalue weighted by molar-refractivity contribution is 5.95. The van der Waals surface area contributed by atoms with Gasteiger partial charge in [-0.05, 0) is 52.0 Å². The van der Waals surface area contributed by atoms with Gasteiger partial charge in [-0.3, -0.25) is 4.79 Å². The summed E-state index contributed by atoms with van der Waals surface area (Å²) in [4.78, 5) is 12.7. The van der Waals surface area contributed by atoms with Crippen molar-refractivity contribution in [2.45, 2.75) is 39.7 Å². The first-order valence-corrected chi connectivity index (χ1v) is 9.49. The maximum atomic E-state index is 12.7. The van der Waals surface area contributed by atoms with Gasteiger partial charge in [0.1, 0.15) is 5.76 Å². The van der Waals surface area contributed by atoms with Gasteiger partial charge < -0.3 is 29.1 Å². The molecule has 0 bridgehead atoms. The largest absolute Gasteiger partial charge is 0.490 e. The molecule has 1 aromatic carbocycles. The lowest BCUT2D eigenvalue weighted by Crippen LogP contribution is -2.42. The average molecular weight is 391 g/mol. The van der Waals surface area contributed by atoms with E-state index >= 15 is 0 Å². The van der Waals surface area contributed by atoms with E-state index < -0.39 is 5.60 Å². The molecule has 1 amide bonds. The minimum absolute atomic E-state index is 0.0632. The molecule has 7 nitrogen and oxygen atoms in total. The van der Waals surface area contributed by atoms with Crippen molar-refractivity contribution >= 4 is 5.91 Å². The summed E-state index contributed by atoms with van der Waals surface area (Å²) in [5.41, 5.74) is -0.784. The summed E-state index contributed by atoms with van der Waals surface area (Å²) in [6.45, 7) is 8.58. The first-order valence-electron chi connectivity index (χ1n) is 9.49. The predicted octanol–water partition coefficient (Wildman–Crippen LogP) is 3.20. The Bertz CT molecular complexity index is 727. The van der Waals surface area contributed by atoms with Gasteiger partial charge in [-0.1, -0.05) is 0 Å². The zero-order valence-electron chi connectivity index (χ0n) is 16.9. The third-order valence-corrected chi connectivity index (χ3v) is 3.94. The standard InChI is InChI=1S/C21H29NO6/c1-5-25-17-11-15(12-18(26-6-2)19(17)27-7-3)20(23)22-14-21(4,24)13-16-9-8-10-28-16/h8-12,24H,5-7,13-14H2,1-4H3,(H,22,23). The number of hydrogen-bond donors (Lipinski definition) is 2. The SMILES string of the molecule is CCOc1cc(C(=O)NCC(C)(O)Cc2ccco2)cc(OCC)c1OCC. The Balaban J connectivity index is 2.16. The van der Waals surface area contributed by atoms with Gasteiger partial charge in [-0.15, -0.1) is 0 Å². The summed E-state index contributed by atoms with van der Waals surface area (Å²) >= 11 is 0. The number of benzene rings is 1. The molecule has 0 aliphatic carbocycles. The molecule has 28 heavy (non-hydrogen) atoms. The van der Waals surface area contributed by atoms with E-state index in [0.717, 1.165) is 0 Å². The summed E-state index contributed by atoms with van der Waals surface area (Å²) in [7, 11) is 0. The Kier molecular flexibility index (Phi) is 7.75. The quantitative estimate of drug-likeness (QED) is 0.611. The molecule has 1 heterocycles. The maximum absolute atomic E-state index is 12.7. The molecule has 1 aromatic heterocycles. The van der Waals surface area contributed by atoms with Crippen LogP contribution in [0.15, 0.2) is 34.9 Å². The fourth-order valence-corrected chi connectivity index (χ4v) is 2.74. The molecule has 0 aliphatic rings. The number of aliphatic hydroxyl groups is 1. The monoisotopic (exact) mass is 391 g/mol. The predicted molar refractivity (Wildman–Crippen MR) is 105 cm³/mol. The number of nitrogens with one attached hydrogen (secondary N) is 1. The van der Waals surface area contributed by atoms with Crippen LogP contribution < -0.4 is 19.5 Å². The molecule has 0 saturated carbocycles. The summed E-state index contributed by atoms with van der Waals surface area (Å²) in [6, 6.07) is 6.78. The summed E-state index contributed by atoms with van der Waals surface area (Å²) in [5, 5.41) is 13.3. The van der Waals surface area contributed by atoms with Gasteiger partial charge in [0, 0.05) is 18.5 Å². The van der Waals surface area contributed by atoms with Crippen LogP contribution in [0.5, 0.6) is 17.2 Å².